The van der Waals surface area contributed by atoms with Crippen LogP contribution in [0.25, 0.3) is 0 Å². The molecule has 0 aliphatic rings. The number of thioether (sulfide) groups is 1. The van der Waals surface area contributed by atoms with Crippen LogP contribution < -0.4 is 5.73 Å². The number of rotatable bonds is 2. The third kappa shape index (κ3) is 3.61. The number of hydrogen-bond donors (Lipinski definition) is 2. The number of nitrogens with two attached hydrogens (primary N) is 1. The summed E-state index contributed by atoms with van der Waals surface area (Å²) in [7, 11) is 0. The minimum Gasteiger partial charge on any atom is -0.379 e. The Kier molecular flexibility index (Phi) is 4.09. The van der Waals surface area contributed by atoms with E-state index in [1.807, 2.05) is 0 Å². The van der Waals surface area contributed by atoms with Crippen molar-refractivity contribution in [2.45, 2.75) is 11.9 Å². The maximum absolute atomic E-state index is 12.5. The maximum atomic E-state index is 12.5. The summed E-state index contributed by atoms with van der Waals surface area (Å²) in [6.45, 7) is 0. The van der Waals surface area contributed by atoms with Crippen molar-refractivity contribution in [3.05, 3.63) is 34.3 Å². The van der Waals surface area contributed by atoms with Crippen LogP contribution >= 0.6 is 23.4 Å². The van der Waals surface area contributed by atoms with E-state index < -0.39 is 11.7 Å². The van der Waals surface area contributed by atoms with E-state index in [0.29, 0.717) is 5.56 Å². The lowest BCUT2D eigenvalue weighted by Gasteiger charge is -2.10. The first kappa shape index (κ1) is 13.2. The molecule has 1 rings (SSSR count). The molecule has 0 spiro atoms. The molecule has 0 aromatic heterocycles. The molecule has 0 fully saturated rings. The fourth-order valence-electron chi connectivity index (χ4n) is 1.04. The monoisotopic (exact) mass is 268 g/mol. The molecule has 1 aromatic carbocycles. The second-order valence-electron chi connectivity index (χ2n) is 2.96. The van der Waals surface area contributed by atoms with Gasteiger partial charge in [0.1, 0.15) is 0 Å². The van der Waals surface area contributed by atoms with E-state index in [1.54, 1.807) is 0 Å². The lowest BCUT2D eigenvalue weighted by atomic mass is 10.1. The van der Waals surface area contributed by atoms with E-state index in [4.69, 9.17) is 22.7 Å². The van der Waals surface area contributed by atoms with Gasteiger partial charge in [-0.15, -0.1) is 0 Å². The summed E-state index contributed by atoms with van der Waals surface area (Å²) in [5, 5.41) is 6.49. The van der Waals surface area contributed by atoms with Crippen molar-refractivity contribution in [2.75, 3.05) is 0 Å². The number of amidine groups is 1. The molecular formula is C9H8ClF3N2S. The predicted molar refractivity (Wildman–Crippen MR) is 59.7 cm³/mol. The standard InChI is InChI=1S/C9H8ClF3N2S/c10-7-2-1-5(4-16-8(14)15)3-6(7)9(11,12)13/h1-3H,4H2,(H3,14,15). The van der Waals surface area contributed by atoms with Gasteiger partial charge in [0.25, 0.3) is 0 Å². The third-order valence-corrected chi connectivity index (χ3v) is 2.85. The average molecular weight is 269 g/mol. The molecule has 16 heavy (non-hydrogen) atoms. The van der Waals surface area contributed by atoms with Crippen LogP contribution in [0.1, 0.15) is 11.1 Å². The molecule has 88 valence electrons. The van der Waals surface area contributed by atoms with Gasteiger partial charge in [-0.1, -0.05) is 29.4 Å². The van der Waals surface area contributed by atoms with E-state index >= 15 is 0 Å². The van der Waals surface area contributed by atoms with Gasteiger partial charge in [0.05, 0.1) is 10.6 Å². The molecule has 0 saturated carbocycles. The number of benzene rings is 1. The summed E-state index contributed by atoms with van der Waals surface area (Å²) in [5.74, 6) is 0.218. The SMILES string of the molecule is N=C(N)SCc1ccc(Cl)c(C(F)(F)F)c1. The molecule has 1 aromatic rings. The van der Waals surface area contributed by atoms with Gasteiger partial charge in [0.2, 0.25) is 0 Å². The summed E-state index contributed by atoms with van der Waals surface area (Å²) in [6.07, 6.45) is -4.46. The molecule has 0 unspecified atom stereocenters. The molecule has 0 amide bonds. The highest BCUT2D eigenvalue weighted by Crippen LogP contribution is 2.35. The van der Waals surface area contributed by atoms with Crippen LogP contribution in [0.3, 0.4) is 0 Å². The summed E-state index contributed by atoms with van der Waals surface area (Å²) >= 11 is 6.41. The summed E-state index contributed by atoms with van der Waals surface area (Å²) in [5.41, 5.74) is 4.65. The average Bonchev–Trinajstić information content (AvgIpc) is 2.14. The highest BCUT2D eigenvalue weighted by atomic mass is 35.5. The second kappa shape index (κ2) is 4.97. The molecular weight excluding hydrogens is 261 g/mol. The van der Waals surface area contributed by atoms with E-state index in [0.717, 1.165) is 17.8 Å². The first-order valence-corrected chi connectivity index (χ1v) is 5.49. The van der Waals surface area contributed by atoms with Gasteiger partial charge in [-0.2, -0.15) is 13.2 Å². The number of nitrogens with one attached hydrogen (secondary N) is 1. The number of halogens is 4. The molecule has 0 heterocycles. The normalized spacial score (nSPS) is 11.5. The second-order valence-corrected chi connectivity index (χ2v) is 4.39. The lowest BCUT2D eigenvalue weighted by Crippen LogP contribution is -2.07. The molecule has 0 aliphatic carbocycles. The molecule has 0 saturated heterocycles. The zero-order chi connectivity index (χ0) is 12.3. The molecule has 0 bridgehead atoms. The highest BCUT2D eigenvalue weighted by Gasteiger charge is 2.33. The smallest absolute Gasteiger partial charge is 0.379 e. The van der Waals surface area contributed by atoms with E-state index in [2.05, 4.69) is 0 Å². The van der Waals surface area contributed by atoms with Crippen LogP contribution in [0.4, 0.5) is 13.2 Å². The van der Waals surface area contributed by atoms with Crippen LogP contribution in [-0.4, -0.2) is 5.17 Å². The van der Waals surface area contributed by atoms with Gasteiger partial charge < -0.3 is 5.73 Å². The quantitative estimate of drug-likeness (QED) is 0.637. The maximum Gasteiger partial charge on any atom is 0.417 e. The molecule has 3 N–H and O–H groups in total. The number of hydrogen-bond acceptors (Lipinski definition) is 2. The molecule has 0 aliphatic heterocycles. The Hall–Kier alpha value is -0.880. The topological polar surface area (TPSA) is 49.9 Å². The zero-order valence-corrected chi connectivity index (χ0v) is 9.51. The minimum atomic E-state index is -4.46. The Morgan fingerprint density at radius 2 is 2.06 bits per heavy atom. The summed E-state index contributed by atoms with van der Waals surface area (Å²) < 4.78 is 37.4. The van der Waals surface area contributed by atoms with Crippen molar-refractivity contribution < 1.29 is 13.2 Å². The zero-order valence-electron chi connectivity index (χ0n) is 7.94. The summed E-state index contributed by atoms with van der Waals surface area (Å²) in [4.78, 5) is 0. The van der Waals surface area contributed by atoms with Gasteiger partial charge in [0, 0.05) is 5.75 Å². The van der Waals surface area contributed by atoms with E-state index in [1.165, 1.54) is 12.1 Å². The molecule has 0 atom stereocenters. The Bertz CT molecular complexity index is 406. The van der Waals surface area contributed by atoms with Crippen molar-refractivity contribution in [2.24, 2.45) is 5.73 Å². The fraction of sp³-hybridized carbons (Fsp3) is 0.222. The molecule has 0 radical (unpaired) electrons. The fourth-order valence-corrected chi connectivity index (χ4v) is 1.77. The first-order chi connectivity index (χ1) is 7.30. The molecule has 7 heteroatoms. The van der Waals surface area contributed by atoms with Crippen LogP contribution in [0.15, 0.2) is 18.2 Å². The molecule has 2 nitrogen and oxygen atoms in total. The Balaban J connectivity index is 2.94. The number of alkyl halides is 3. The van der Waals surface area contributed by atoms with Crippen LogP contribution in [0, 0.1) is 5.41 Å². The van der Waals surface area contributed by atoms with Gasteiger partial charge in [-0.05, 0) is 17.7 Å². The van der Waals surface area contributed by atoms with Gasteiger partial charge in [-0.3, -0.25) is 5.41 Å². The van der Waals surface area contributed by atoms with Crippen LogP contribution in [-0.2, 0) is 11.9 Å². The largest absolute Gasteiger partial charge is 0.417 e. The van der Waals surface area contributed by atoms with E-state index in [-0.39, 0.29) is 15.9 Å². The van der Waals surface area contributed by atoms with Crippen LogP contribution in [0.5, 0.6) is 0 Å². The van der Waals surface area contributed by atoms with Crippen molar-refractivity contribution >= 4 is 28.5 Å². The van der Waals surface area contributed by atoms with Gasteiger partial charge >= 0.3 is 6.18 Å². The van der Waals surface area contributed by atoms with E-state index in [9.17, 15) is 13.2 Å². The summed E-state index contributed by atoms with van der Waals surface area (Å²) in [6, 6.07) is 3.65. The van der Waals surface area contributed by atoms with Gasteiger partial charge in [-0.25, -0.2) is 0 Å². The Morgan fingerprint density at radius 1 is 1.44 bits per heavy atom. The third-order valence-electron chi connectivity index (χ3n) is 1.73. The Morgan fingerprint density at radius 3 is 2.56 bits per heavy atom. The predicted octanol–water partition coefficient (Wildman–Crippen LogP) is 3.49. The minimum absolute atomic E-state index is 0.136. The lowest BCUT2D eigenvalue weighted by molar-refractivity contribution is -0.137. The van der Waals surface area contributed by atoms with Crippen molar-refractivity contribution in [3.63, 3.8) is 0 Å². The van der Waals surface area contributed by atoms with Crippen molar-refractivity contribution in [1.29, 1.82) is 5.41 Å². The highest BCUT2D eigenvalue weighted by molar-refractivity contribution is 8.13. The van der Waals surface area contributed by atoms with Crippen molar-refractivity contribution in [1.82, 2.24) is 0 Å². The van der Waals surface area contributed by atoms with Crippen molar-refractivity contribution in [3.8, 4) is 0 Å². The first-order valence-electron chi connectivity index (χ1n) is 4.13. The van der Waals surface area contributed by atoms with Gasteiger partial charge in [0.15, 0.2) is 5.17 Å². The van der Waals surface area contributed by atoms with Crippen LogP contribution in [0.2, 0.25) is 5.02 Å². The Labute approximate surface area is 99.5 Å².